The van der Waals surface area contributed by atoms with Gasteiger partial charge in [-0.05, 0) is 63.0 Å². The molecule has 2 aromatic carbocycles. The first kappa shape index (κ1) is 18.2. The predicted molar refractivity (Wildman–Crippen MR) is 112 cm³/mol. The van der Waals surface area contributed by atoms with E-state index in [0.717, 1.165) is 31.4 Å². The number of benzene rings is 2. The van der Waals surface area contributed by atoms with Crippen LogP contribution >= 0.6 is 0 Å². The van der Waals surface area contributed by atoms with Gasteiger partial charge in [0.15, 0.2) is 0 Å². The second-order valence-electron chi connectivity index (χ2n) is 7.59. The first-order chi connectivity index (χ1) is 13.4. The van der Waals surface area contributed by atoms with E-state index in [1.54, 1.807) is 0 Å². The van der Waals surface area contributed by atoms with Gasteiger partial charge < -0.3 is 14.8 Å². The lowest BCUT2D eigenvalue weighted by molar-refractivity contribution is 0.199. The number of likely N-dealkylation sites (tertiary alicyclic amines) is 1. The third-order valence-corrected chi connectivity index (χ3v) is 5.68. The number of rotatable bonds is 8. The molecule has 1 saturated heterocycles. The van der Waals surface area contributed by atoms with Gasteiger partial charge in [0.05, 0.1) is 17.4 Å². The molecule has 0 radical (unpaired) electrons. The Morgan fingerprint density at radius 1 is 0.926 bits per heavy atom. The number of nitrogens with one attached hydrogen (secondary N) is 1. The molecule has 0 aliphatic carbocycles. The van der Waals surface area contributed by atoms with Gasteiger partial charge in [-0.15, -0.1) is 0 Å². The van der Waals surface area contributed by atoms with Gasteiger partial charge in [-0.2, -0.15) is 0 Å². The van der Waals surface area contributed by atoms with Crippen molar-refractivity contribution in [3.63, 3.8) is 0 Å². The molecule has 0 spiro atoms. The molecule has 1 N–H and O–H groups in total. The summed E-state index contributed by atoms with van der Waals surface area (Å²) in [5.41, 5.74) is 3.78. The summed E-state index contributed by atoms with van der Waals surface area (Å²) in [4.78, 5) is 7.09. The molecule has 2 heterocycles. The minimum atomic E-state index is 0.678. The van der Waals surface area contributed by atoms with Crippen LogP contribution in [-0.2, 0) is 13.0 Å². The van der Waals surface area contributed by atoms with Crippen LogP contribution in [0.4, 0.5) is 0 Å². The molecule has 27 heavy (non-hydrogen) atoms. The van der Waals surface area contributed by atoms with Gasteiger partial charge in [0.25, 0.3) is 0 Å². The molecule has 1 aliphatic rings. The van der Waals surface area contributed by atoms with Crippen molar-refractivity contribution in [3.8, 4) is 0 Å². The fourth-order valence-electron chi connectivity index (χ4n) is 4.04. The molecule has 4 nitrogen and oxygen atoms in total. The largest absolute Gasteiger partial charge is 0.331 e. The SMILES string of the molecule is c1ccc(CCN2CCC(NCCCn3cnc4ccccc43)CC2)cc1. The topological polar surface area (TPSA) is 33.1 Å². The zero-order chi connectivity index (χ0) is 18.3. The van der Waals surface area contributed by atoms with Gasteiger partial charge >= 0.3 is 0 Å². The average molecular weight is 363 g/mol. The van der Waals surface area contributed by atoms with E-state index in [2.05, 4.69) is 68.3 Å². The Morgan fingerprint density at radius 2 is 1.70 bits per heavy atom. The minimum Gasteiger partial charge on any atom is -0.331 e. The summed E-state index contributed by atoms with van der Waals surface area (Å²) < 4.78 is 2.27. The highest BCUT2D eigenvalue weighted by atomic mass is 15.1. The van der Waals surface area contributed by atoms with Crippen molar-refractivity contribution in [1.29, 1.82) is 0 Å². The van der Waals surface area contributed by atoms with Crippen LogP contribution in [0.2, 0.25) is 0 Å². The van der Waals surface area contributed by atoms with Crippen molar-refractivity contribution >= 4 is 11.0 Å². The first-order valence-electron chi connectivity index (χ1n) is 10.3. The quantitative estimate of drug-likeness (QED) is 0.620. The fourth-order valence-corrected chi connectivity index (χ4v) is 4.04. The van der Waals surface area contributed by atoms with Crippen molar-refractivity contribution in [1.82, 2.24) is 19.8 Å². The van der Waals surface area contributed by atoms with E-state index in [1.807, 2.05) is 12.4 Å². The zero-order valence-corrected chi connectivity index (χ0v) is 16.1. The maximum atomic E-state index is 4.47. The van der Waals surface area contributed by atoms with Crippen molar-refractivity contribution in [2.75, 3.05) is 26.2 Å². The number of aryl methyl sites for hydroxylation is 1. The average Bonchev–Trinajstić information content (AvgIpc) is 3.14. The molecule has 4 heteroatoms. The molecule has 0 bridgehead atoms. The Bertz CT molecular complexity index is 819. The second kappa shape index (κ2) is 9.16. The van der Waals surface area contributed by atoms with Gasteiger partial charge in [0, 0.05) is 19.1 Å². The van der Waals surface area contributed by atoms with Gasteiger partial charge in [0.2, 0.25) is 0 Å². The minimum absolute atomic E-state index is 0.678. The van der Waals surface area contributed by atoms with E-state index < -0.39 is 0 Å². The van der Waals surface area contributed by atoms with Gasteiger partial charge in [-0.1, -0.05) is 42.5 Å². The predicted octanol–water partition coefficient (Wildman–Crippen LogP) is 3.72. The molecule has 3 aromatic rings. The highest BCUT2D eigenvalue weighted by Gasteiger charge is 2.18. The Labute approximate surface area is 162 Å². The number of nitrogens with zero attached hydrogens (tertiary/aromatic N) is 3. The lowest BCUT2D eigenvalue weighted by Crippen LogP contribution is -2.43. The third kappa shape index (κ3) is 4.96. The van der Waals surface area contributed by atoms with Crippen molar-refractivity contribution in [2.24, 2.45) is 0 Å². The first-order valence-corrected chi connectivity index (χ1v) is 10.3. The molecule has 4 rings (SSSR count). The smallest absolute Gasteiger partial charge is 0.0958 e. The van der Waals surface area contributed by atoms with Crippen LogP contribution in [0.5, 0.6) is 0 Å². The van der Waals surface area contributed by atoms with Gasteiger partial charge in [0.1, 0.15) is 0 Å². The van der Waals surface area contributed by atoms with E-state index >= 15 is 0 Å². The van der Waals surface area contributed by atoms with Crippen molar-refractivity contribution < 1.29 is 0 Å². The van der Waals surface area contributed by atoms with Crippen LogP contribution in [-0.4, -0.2) is 46.7 Å². The Hall–Kier alpha value is -2.17. The highest BCUT2D eigenvalue weighted by Crippen LogP contribution is 2.13. The molecule has 0 amide bonds. The lowest BCUT2D eigenvalue weighted by atomic mass is 10.0. The van der Waals surface area contributed by atoms with Crippen LogP contribution in [0.3, 0.4) is 0 Å². The van der Waals surface area contributed by atoms with Crippen molar-refractivity contribution in [2.45, 2.75) is 38.3 Å². The van der Waals surface area contributed by atoms with E-state index in [-0.39, 0.29) is 0 Å². The molecule has 1 aliphatic heterocycles. The molecule has 0 saturated carbocycles. The number of para-hydroxylation sites is 2. The van der Waals surface area contributed by atoms with E-state index in [4.69, 9.17) is 0 Å². The normalized spacial score (nSPS) is 16.1. The fraction of sp³-hybridized carbons (Fsp3) is 0.435. The summed E-state index contributed by atoms with van der Waals surface area (Å²) in [5.74, 6) is 0. The van der Waals surface area contributed by atoms with Crippen molar-refractivity contribution in [3.05, 3.63) is 66.5 Å². The number of piperidine rings is 1. The maximum Gasteiger partial charge on any atom is 0.0958 e. The molecular weight excluding hydrogens is 332 g/mol. The molecular formula is C23H30N4. The van der Waals surface area contributed by atoms with E-state index in [0.29, 0.717) is 6.04 Å². The summed E-state index contributed by atoms with van der Waals surface area (Å²) in [6, 6.07) is 19.9. The van der Waals surface area contributed by atoms with E-state index in [9.17, 15) is 0 Å². The lowest BCUT2D eigenvalue weighted by Gasteiger charge is -2.32. The standard InChI is InChI=1S/C23H30N4/c1-2-7-20(8-3-1)11-16-26-17-12-21(13-18-26)24-14-6-15-27-19-25-22-9-4-5-10-23(22)27/h1-5,7-10,19,21,24H,6,11-18H2. The molecule has 0 atom stereocenters. The molecule has 142 valence electrons. The van der Waals surface area contributed by atoms with Crippen LogP contribution in [0.15, 0.2) is 60.9 Å². The summed E-state index contributed by atoms with van der Waals surface area (Å²) >= 11 is 0. The summed E-state index contributed by atoms with van der Waals surface area (Å²) in [7, 11) is 0. The Balaban J connectivity index is 1.13. The number of hydrogen-bond acceptors (Lipinski definition) is 3. The Kier molecular flexibility index (Phi) is 6.17. The van der Waals surface area contributed by atoms with Crippen LogP contribution in [0.25, 0.3) is 11.0 Å². The number of aromatic nitrogens is 2. The number of hydrogen-bond donors (Lipinski definition) is 1. The number of fused-ring (bicyclic) bond motifs is 1. The highest BCUT2D eigenvalue weighted by molar-refractivity contribution is 5.74. The van der Waals surface area contributed by atoms with Gasteiger partial charge in [-0.3, -0.25) is 0 Å². The summed E-state index contributed by atoms with van der Waals surface area (Å²) in [5, 5.41) is 3.77. The van der Waals surface area contributed by atoms with Crippen LogP contribution < -0.4 is 5.32 Å². The monoisotopic (exact) mass is 362 g/mol. The second-order valence-corrected chi connectivity index (χ2v) is 7.59. The van der Waals surface area contributed by atoms with Gasteiger partial charge in [-0.25, -0.2) is 4.98 Å². The number of imidazole rings is 1. The molecule has 0 unspecified atom stereocenters. The summed E-state index contributed by atoms with van der Waals surface area (Å²) in [6.07, 6.45) is 6.81. The zero-order valence-electron chi connectivity index (χ0n) is 16.1. The summed E-state index contributed by atoms with van der Waals surface area (Å²) in [6.45, 7) is 5.74. The van der Waals surface area contributed by atoms with E-state index in [1.165, 1.54) is 43.6 Å². The Morgan fingerprint density at radius 3 is 2.56 bits per heavy atom. The van der Waals surface area contributed by atoms with Crippen LogP contribution in [0, 0.1) is 0 Å². The molecule has 1 fully saturated rings. The van der Waals surface area contributed by atoms with Crippen LogP contribution in [0.1, 0.15) is 24.8 Å². The third-order valence-electron chi connectivity index (χ3n) is 5.68. The maximum absolute atomic E-state index is 4.47. The molecule has 1 aromatic heterocycles.